The van der Waals surface area contributed by atoms with Crippen LogP contribution in [0.25, 0.3) is 6.15 Å². The fourth-order valence-electron chi connectivity index (χ4n) is 0. The first-order valence-corrected chi connectivity index (χ1v) is 0.565. The molecule has 7 heteroatoms. The molecule has 1 radical (unpaired) electrons. The van der Waals surface area contributed by atoms with Gasteiger partial charge in [0.15, 0.2) is 5.34 Å². The van der Waals surface area contributed by atoms with Gasteiger partial charge in [0.1, 0.15) is 0 Å². The first kappa shape index (κ1) is 31.1. The maximum Gasteiger partial charge on any atom is 0.152 e. The average Bonchev–Trinajstić information content (AvgIpc) is 1.46. The van der Waals surface area contributed by atoms with Crippen LogP contribution in [0.3, 0.4) is 0 Å². The SMILES string of the molecule is N#[O+].O=NO.[Co].[NH2-]. The maximum absolute atomic E-state index is 8.11. The summed E-state index contributed by atoms with van der Waals surface area (Å²) in [5, 5.41) is 7.89. The smallest absolute Gasteiger partial charge is 0.152 e. The van der Waals surface area contributed by atoms with Gasteiger partial charge < -0.3 is 11.4 Å². The van der Waals surface area contributed by atoms with E-state index in [-0.39, 0.29) is 22.9 Å². The van der Waals surface area contributed by atoms with Crippen molar-refractivity contribution >= 4 is 0 Å². The summed E-state index contributed by atoms with van der Waals surface area (Å²) in [6, 6.07) is 0. The summed E-state index contributed by atoms with van der Waals surface area (Å²) >= 11 is 0. The summed E-state index contributed by atoms with van der Waals surface area (Å²) in [6.45, 7) is 0. The molecule has 3 N–H and O–H groups in total. The van der Waals surface area contributed by atoms with E-state index >= 15 is 0 Å². The van der Waals surface area contributed by atoms with Gasteiger partial charge in [0.25, 0.3) is 0 Å². The van der Waals surface area contributed by atoms with E-state index in [0.717, 1.165) is 0 Å². The van der Waals surface area contributed by atoms with Gasteiger partial charge in [0.05, 0.1) is 0 Å². The van der Waals surface area contributed by atoms with Crippen LogP contribution in [0, 0.1) is 10.4 Å². The van der Waals surface area contributed by atoms with Gasteiger partial charge in [-0.3, -0.25) is 0 Å². The van der Waals surface area contributed by atoms with Gasteiger partial charge in [0, 0.05) is 16.8 Å². The Bertz CT molecular complexity index is 34.4. The van der Waals surface area contributed by atoms with Gasteiger partial charge in [-0.15, -0.1) is 4.91 Å². The molecule has 0 aliphatic rings. The Morgan fingerprint density at radius 1 is 1.57 bits per heavy atom. The van der Waals surface area contributed by atoms with Gasteiger partial charge in [-0.25, -0.2) is 0 Å². The largest absolute Gasteiger partial charge is 0.693 e. The van der Waals surface area contributed by atoms with Gasteiger partial charge in [-0.2, -0.15) is 0 Å². The predicted octanol–water partition coefficient (Wildman–Crippen LogP) is 0.753. The van der Waals surface area contributed by atoms with E-state index in [4.69, 9.17) is 20.3 Å². The summed E-state index contributed by atoms with van der Waals surface area (Å²) in [7, 11) is 0. The predicted molar refractivity (Wildman–Crippen MR) is 15.3 cm³/mol. The van der Waals surface area contributed by atoms with E-state index in [1.54, 1.807) is 0 Å². The molecule has 0 spiro atoms. The number of hydrogen-bond donors (Lipinski definition) is 1. The zero-order valence-corrected chi connectivity index (χ0v) is 4.11. The van der Waals surface area contributed by atoms with E-state index in [1.165, 1.54) is 5.34 Å². The van der Waals surface area contributed by atoms with Gasteiger partial charge in [0.2, 0.25) is 0 Å². The van der Waals surface area contributed by atoms with Crippen molar-refractivity contribution in [2.24, 2.45) is 5.34 Å². The summed E-state index contributed by atoms with van der Waals surface area (Å²) in [6.07, 6.45) is 0. The van der Waals surface area contributed by atoms with Crippen molar-refractivity contribution in [2.45, 2.75) is 0 Å². The monoisotopic (exact) mass is 152 g/mol. The van der Waals surface area contributed by atoms with Crippen LogP contribution in [-0.4, -0.2) is 5.21 Å². The number of rotatable bonds is 0. The molecule has 0 atom stereocenters. The Morgan fingerprint density at radius 2 is 1.57 bits per heavy atom. The molecular formula is H3CoN3O3. The molecule has 0 bridgehead atoms. The minimum absolute atomic E-state index is 0. The van der Waals surface area contributed by atoms with E-state index in [0.29, 0.717) is 0 Å². The third kappa shape index (κ3) is 322. The van der Waals surface area contributed by atoms with Crippen LogP contribution in [0.4, 0.5) is 0 Å². The van der Waals surface area contributed by atoms with Crippen LogP contribution in [0.15, 0.2) is 5.34 Å². The Labute approximate surface area is 49.5 Å². The summed E-state index contributed by atoms with van der Waals surface area (Å²) in [5.41, 5.74) is 5.75. The summed E-state index contributed by atoms with van der Waals surface area (Å²) in [5.74, 6) is 0. The molecule has 0 saturated heterocycles. The van der Waals surface area contributed by atoms with Crippen molar-refractivity contribution in [3.63, 3.8) is 0 Å². The van der Waals surface area contributed by atoms with Gasteiger partial charge >= 0.3 is 10.2 Å². The maximum atomic E-state index is 8.11. The van der Waals surface area contributed by atoms with E-state index in [2.05, 4.69) is 0 Å². The fraction of sp³-hybridized carbons (Fsp3) is 0. The first-order chi connectivity index (χ1) is 2.41. The second kappa shape index (κ2) is 396. The molecule has 0 aromatic heterocycles. The third-order valence-electron chi connectivity index (χ3n) is 0. The minimum atomic E-state index is 0. The molecule has 0 saturated carbocycles. The molecule has 0 aliphatic carbocycles. The second-order valence-electron chi connectivity index (χ2n) is 0.0816. The molecule has 0 amide bonds. The van der Waals surface area contributed by atoms with Crippen molar-refractivity contribution in [2.75, 3.05) is 0 Å². The Kier molecular flexibility index (Phi) is 1760. The van der Waals surface area contributed by atoms with Crippen LogP contribution in [0.2, 0.25) is 0 Å². The Balaban J connectivity index is -0.0000000105. The molecule has 0 rings (SSSR count). The van der Waals surface area contributed by atoms with Crippen molar-refractivity contribution in [3.05, 3.63) is 11.1 Å². The normalized spacial score (nSPS) is 2.00. The van der Waals surface area contributed by atoms with Crippen molar-refractivity contribution in [3.8, 4) is 0 Å². The fourth-order valence-corrected chi connectivity index (χ4v) is 0. The average molecular weight is 152 g/mol. The zero-order valence-electron chi connectivity index (χ0n) is 3.07. The molecule has 7 heavy (non-hydrogen) atoms. The molecule has 0 aromatic rings. The third-order valence-corrected chi connectivity index (χ3v) is 0. The topological polar surface area (TPSA) is 127 Å². The van der Waals surface area contributed by atoms with Crippen LogP contribution in [0.5, 0.6) is 0 Å². The van der Waals surface area contributed by atoms with Crippen molar-refractivity contribution in [1.82, 2.24) is 0 Å². The van der Waals surface area contributed by atoms with E-state index in [1.807, 2.05) is 0 Å². The molecule has 0 aromatic carbocycles. The Hall–Kier alpha value is -0.464. The molecule has 0 fully saturated rings. The molecule has 6 nitrogen and oxygen atoms in total. The number of nitrogens with two attached hydrogens (primary N) is 1. The number of nitrogens with zero attached hydrogens (tertiary/aromatic N) is 2. The van der Waals surface area contributed by atoms with Crippen LogP contribution >= 0.6 is 0 Å². The van der Waals surface area contributed by atoms with E-state index < -0.39 is 0 Å². The standard InChI is InChI=1S/Co.HNO2.NO.H2N/c;2-1-3;1-2;/h;(H,2,3);;1H2/q;;+1;-1. The number of hydrogen-bond acceptors (Lipinski definition) is 3. The van der Waals surface area contributed by atoms with Crippen molar-refractivity contribution in [1.29, 1.82) is 5.46 Å². The molecule has 0 aliphatic heterocycles. The van der Waals surface area contributed by atoms with Crippen LogP contribution in [-0.2, 0) is 21.6 Å². The first-order valence-electron chi connectivity index (χ1n) is 0.565. The molecule has 45 valence electrons. The van der Waals surface area contributed by atoms with Gasteiger partial charge in [-0.05, 0) is 0 Å². The molecular weight excluding hydrogens is 149 g/mol. The summed E-state index contributed by atoms with van der Waals surface area (Å²) in [4.78, 5) is 8.11. The van der Waals surface area contributed by atoms with Crippen LogP contribution in [0.1, 0.15) is 0 Å². The zero-order chi connectivity index (χ0) is 4.71. The molecule has 0 heterocycles. The van der Waals surface area contributed by atoms with Gasteiger partial charge in [-0.1, -0.05) is 0 Å². The summed E-state index contributed by atoms with van der Waals surface area (Å²) < 4.78 is 7.25. The molecule has 0 unspecified atom stereocenters. The minimum Gasteiger partial charge on any atom is -0.693 e. The van der Waals surface area contributed by atoms with E-state index in [9.17, 15) is 0 Å². The quantitative estimate of drug-likeness (QED) is 0.312. The van der Waals surface area contributed by atoms with Crippen molar-refractivity contribution < 1.29 is 26.8 Å². The Morgan fingerprint density at radius 3 is 1.57 bits per heavy atom. The second-order valence-corrected chi connectivity index (χ2v) is 0.0816. The van der Waals surface area contributed by atoms with Crippen LogP contribution < -0.4 is 0 Å².